The van der Waals surface area contributed by atoms with Crippen molar-refractivity contribution >= 4 is 34.5 Å². The molecule has 7 nitrogen and oxygen atoms in total. The van der Waals surface area contributed by atoms with Crippen molar-refractivity contribution < 1.29 is 9.59 Å². The number of benzene rings is 2. The van der Waals surface area contributed by atoms with Crippen LogP contribution in [0.3, 0.4) is 0 Å². The third-order valence-corrected chi connectivity index (χ3v) is 5.77. The van der Waals surface area contributed by atoms with Crippen molar-refractivity contribution in [3.05, 3.63) is 69.7 Å². The Morgan fingerprint density at radius 3 is 2.48 bits per heavy atom. The summed E-state index contributed by atoms with van der Waals surface area (Å²) in [7, 11) is 3.99. The summed E-state index contributed by atoms with van der Waals surface area (Å²) >= 11 is 1.26. The summed E-state index contributed by atoms with van der Waals surface area (Å²) in [5.74, 6) is -0.269. The molecule has 0 saturated heterocycles. The summed E-state index contributed by atoms with van der Waals surface area (Å²) in [6.45, 7) is 2.44. The first-order chi connectivity index (χ1) is 14.9. The van der Waals surface area contributed by atoms with E-state index in [1.165, 1.54) is 11.3 Å². The Labute approximate surface area is 186 Å². The van der Waals surface area contributed by atoms with Gasteiger partial charge in [0.1, 0.15) is 5.01 Å². The molecule has 1 heterocycles. The minimum absolute atomic E-state index is 0.00118. The summed E-state index contributed by atoms with van der Waals surface area (Å²) in [5, 5.41) is 14.9. The van der Waals surface area contributed by atoms with E-state index in [1.807, 2.05) is 74.4 Å². The molecule has 162 valence electrons. The summed E-state index contributed by atoms with van der Waals surface area (Å²) in [6.07, 6.45) is 1.67. The standard InChI is InChI=1S/C23H27N5O2S/c1-16-7-4-5-8-19(16)25-22(30)23-27-26-21(31-23)10-6-9-20(29)24-15-17-11-13-18(14-12-17)28(2)3/h4-5,7-8,11-14H,6,9-10,15H2,1-3H3,(H,24,29)(H,25,30). The van der Waals surface area contributed by atoms with E-state index in [-0.39, 0.29) is 11.8 Å². The predicted octanol–water partition coefficient (Wildman–Crippen LogP) is 3.80. The predicted molar refractivity (Wildman–Crippen MR) is 125 cm³/mol. The molecular formula is C23H27N5O2S. The number of hydrogen-bond donors (Lipinski definition) is 2. The number of amides is 2. The minimum Gasteiger partial charge on any atom is -0.378 e. The van der Waals surface area contributed by atoms with Gasteiger partial charge in [0, 0.05) is 44.9 Å². The number of aromatic nitrogens is 2. The lowest BCUT2D eigenvalue weighted by molar-refractivity contribution is -0.121. The van der Waals surface area contributed by atoms with Crippen molar-refractivity contribution in [1.29, 1.82) is 0 Å². The molecule has 2 N–H and O–H groups in total. The van der Waals surface area contributed by atoms with Crippen LogP contribution in [-0.2, 0) is 17.8 Å². The van der Waals surface area contributed by atoms with E-state index >= 15 is 0 Å². The molecular weight excluding hydrogens is 410 g/mol. The Kier molecular flexibility index (Phi) is 7.72. The average Bonchev–Trinajstić information content (AvgIpc) is 3.23. The molecule has 0 fully saturated rings. The largest absolute Gasteiger partial charge is 0.378 e. The summed E-state index contributed by atoms with van der Waals surface area (Å²) in [6, 6.07) is 15.7. The van der Waals surface area contributed by atoms with Crippen LogP contribution in [0, 0.1) is 6.92 Å². The fourth-order valence-electron chi connectivity index (χ4n) is 2.94. The topological polar surface area (TPSA) is 87.2 Å². The van der Waals surface area contributed by atoms with Crippen molar-refractivity contribution in [1.82, 2.24) is 15.5 Å². The molecule has 0 bridgehead atoms. The van der Waals surface area contributed by atoms with Crippen LogP contribution in [0.5, 0.6) is 0 Å². The zero-order valence-electron chi connectivity index (χ0n) is 18.0. The number of para-hydroxylation sites is 1. The van der Waals surface area contributed by atoms with Gasteiger partial charge in [0.25, 0.3) is 5.91 Å². The Hall–Kier alpha value is -3.26. The van der Waals surface area contributed by atoms with Crippen molar-refractivity contribution in [2.75, 3.05) is 24.3 Å². The van der Waals surface area contributed by atoms with E-state index in [0.717, 1.165) is 27.5 Å². The van der Waals surface area contributed by atoms with Crippen LogP contribution in [-0.4, -0.2) is 36.1 Å². The lowest BCUT2D eigenvalue weighted by atomic mass is 10.2. The molecule has 0 saturated carbocycles. The molecule has 0 atom stereocenters. The number of rotatable bonds is 9. The van der Waals surface area contributed by atoms with Crippen LogP contribution in [0.4, 0.5) is 11.4 Å². The molecule has 3 aromatic rings. The molecule has 31 heavy (non-hydrogen) atoms. The van der Waals surface area contributed by atoms with Gasteiger partial charge in [0.2, 0.25) is 10.9 Å². The van der Waals surface area contributed by atoms with Crippen LogP contribution in [0.15, 0.2) is 48.5 Å². The van der Waals surface area contributed by atoms with Gasteiger partial charge in [0.05, 0.1) is 0 Å². The van der Waals surface area contributed by atoms with Crippen LogP contribution in [0.25, 0.3) is 0 Å². The molecule has 0 aliphatic rings. The van der Waals surface area contributed by atoms with Gasteiger partial charge in [-0.2, -0.15) is 0 Å². The van der Waals surface area contributed by atoms with Gasteiger partial charge in [-0.3, -0.25) is 9.59 Å². The second-order valence-corrected chi connectivity index (χ2v) is 8.52. The second kappa shape index (κ2) is 10.7. The van der Waals surface area contributed by atoms with Gasteiger partial charge in [-0.05, 0) is 42.7 Å². The number of nitrogens with zero attached hydrogens (tertiary/aromatic N) is 3. The highest BCUT2D eigenvalue weighted by molar-refractivity contribution is 7.13. The highest BCUT2D eigenvalue weighted by Gasteiger charge is 2.14. The quantitative estimate of drug-likeness (QED) is 0.532. The Balaban J connectivity index is 1.40. The zero-order chi connectivity index (χ0) is 22.2. The van der Waals surface area contributed by atoms with Gasteiger partial charge in [-0.1, -0.05) is 41.7 Å². The van der Waals surface area contributed by atoms with Gasteiger partial charge in [-0.15, -0.1) is 10.2 Å². The first-order valence-electron chi connectivity index (χ1n) is 10.1. The van der Waals surface area contributed by atoms with Gasteiger partial charge in [0.15, 0.2) is 0 Å². The number of nitrogens with one attached hydrogen (secondary N) is 2. The molecule has 2 aromatic carbocycles. The maximum Gasteiger partial charge on any atom is 0.286 e. The first kappa shape index (κ1) is 22.4. The molecule has 8 heteroatoms. The smallest absolute Gasteiger partial charge is 0.286 e. The normalized spacial score (nSPS) is 10.5. The monoisotopic (exact) mass is 437 g/mol. The van der Waals surface area contributed by atoms with Crippen molar-refractivity contribution in [3.8, 4) is 0 Å². The third kappa shape index (κ3) is 6.62. The van der Waals surface area contributed by atoms with E-state index < -0.39 is 0 Å². The molecule has 2 amide bonds. The summed E-state index contributed by atoms with van der Waals surface area (Å²) < 4.78 is 0. The van der Waals surface area contributed by atoms with Crippen molar-refractivity contribution in [2.45, 2.75) is 32.7 Å². The van der Waals surface area contributed by atoms with E-state index in [4.69, 9.17) is 0 Å². The van der Waals surface area contributed by atoms with E-state index in [9.17, 15) is 9.59 Å². The van der Waals surface area contributed by atoms with E-state index in [2.05, 4.69) is 20.8 Å². The van der Waals surface area contributed by atoms with Crippen LogP contribution >= 0.6 is 11.3 Å². The lowest BCUT2D eigenvalue weighted by Crippen LogP contribution is -2.22. The molecule has 0 unspecified atom stereocenters. The van der Waals surface area contributed by atoms with Crippen LogP contribution < -0.4 is 15.5 Å². The molecule has 1 aromatic heterocycles. The van der Waals surface area contributed by atoms with Crippen LogP contribution in [0.2, 0.25) is 0 Å². The Bertz CT molecular complexity index is 1030. The number of anilines is 2. The number of carbonyl (C=O) groups is 2. The maximum atomic E-state index is 12.4. The van der Waals surface area contributed by atoms with Gasteiger partial charge >= 0.3 is 0 Å². The molecule has 0 spiro atoms. The summed E-state index contributed by atoms with van der Waals surface area (Å²) in [5.41, 5.74) is 3.93. The third-order valence-electron chi connectivity index (χ3n) is 4.79. The van der Waals surface area contributed by atoms with E-state index in [0.29, 0.717) is 30.8 Å². The minimum atomic E-state index is -0.268. The Morgan fingerprint density at radius 1 is 1.03 bits per heavy atom. The fraction of sp³-hybridized carbons (Fsp3) is 0.304. The Morgan fingerprint density at radius 2 is 1.77 bits per heavy atom. The first-order valence-corrected chi connectivity index (χ1v) is 11.0. The maximum absolute atomic E-state index is 12.4. The molecule has 0 aliphatic carbocycles. The lowest BCUT2D eigenvalue weighted by Gasteiger charge is -2.12. The highest BCUT2D eigenvalue weighted by atomic mass is 32.1. The van der Waals surface area contributed by atoms with Crippen LogP contribution in [0.1, 0.15) is 38.8 Å². The molecule has 0 aliphatic heterocycles. The number of carbonyl (C=O) groups excluding carboxylic acids is 2. The number of aryl methyl sites for hydroxylation is 2. The van der Waals surface area contributed by atoms with Gasteiger partial charge < -0.3 is 15.5 Å². The fourth-order valence-corrected chi connectivity index (χ4v) is 3.71. The molecule has 0 radical (unpaired) electrons. The van der Waals surface area contributed by atoms with Gasteiger partial charge in [-0.25, -0.2) is 0 Å². The molecule has 3 rings (SSSR count). The van der Waals surface area contributed by atoms with Crippen molar-refractivity contribution in [2.24, 2.45) is 0 Å². The van der Waals surface area contributed by atoms with Crippen molar-refractivity contribution in [3.63, 3.8) is 0 Å². The second-order valence-electron chi connectivity index (χ2n) is 7.46. The average molecular weight is 438 g/mol. The van der Waals surface area contributed by atoms with E-state index in [1.54, 1.807) is 0 Å². The zero-order valence-corrected chi connectivity index (χ0v) is 18.8. The highest BCUT2D eigenvalue weighted by Crippen LogP contribution is 2.18. The summed E-state index contributed by atoms with van der Waals surface area (Å²) in [4.78, 5) is 26.5. The SMILES string of the molecule is Cc1ccccc1NC(=O)c1nnc(CCCC(=O)NCc2ccc(N(C)C)cc2)s1. The number of hydrogen-bond acceptors (Lipinski definition) is 6.